The third-order valence-electron chi connectivity index (χ3n) is 6.18. The number of nitrogens with one attached hydrogen (secondary N) is 1. The van der Waals surface area contributed by atoms with Crippen LogP contribution in [0.15, 0.2) is 72.8 Å². The van der Waals surface area contributed by atoms with E-state index in [9.17, 15) is 14.7 Å². The standard InChI is InChI=1S/C27H26N2O4/c28-27(29)19-8-6-17(7-9-19)16-33-21-11-13-22-20(14-21)10-12-23(26(22)32)24(15-25(30)31)18-4-2-1-3-5-18/h1-9,11,13-14,23-24H,10,12,15-16H2,(H3,28,29)(H,30,31). The monoisotopic (exact) mass is 442 g/mol. The Bertz CT molecular complexity index is 1170. The third kappa shape index (κ3) is 5.12. The molecule has 0 saturated carbocycles. The molecule has 0 saturated heterocycles. The number of carboxylic acid groups (broad SMARTS) is 1. The number of fused-ring (bicyclic) bond motifs is 1. The number of carboxylic acids is 1. The first-order chi connectivity index (χ1) is 15.9. The predicted molar refractivity (Wildman–Crippen MR) is 126 cm³/mol. The molecule has 2 atom stereocenters. The lowest BCUT2D eigenvalue weighted by Crippen LogP contribution is -2.29. The minimum absolute atomic E-state index is 0.00211. The molecule has 0 heterocycles. The van der Waals surface area contributed by atoms with Crippen molar-refractivity contribution in [3.05, 3.63) is 101 Å². The molecular weight excluding hydrogens is 416 g/mol. The maximum absolute atomic E-state index is 13.3. The van der Waals surface area contributed by atoms with Crippen LogP contribution in [-0.2, 0) is 17.8 Å². The Kier molecular flexibility index (Phi) is 6.54. The Balaban J connectivity index is 1.49. The molecule has 0 bridgehead atoms. The van der Waals surface area contributed by atoms with E-state index in [0.29, 0.717) is 36.3 Å². The van der Waals surface area contributed by atoms with Gasteiger partial charge in [-0.25, -0.2) is 0 Å². The van der Waals surface area contributed by atoms with Crippen molar-refractivity contribution < 1.29 is 19.4 Å². The second kappa shape index (κ2) is 9.69. The maximum atomic E-state index is 13.3. The predicted octanol–water partition coefficient (Wildman–Crippen LogP) is 4.55. The number of nitrogens with two attached hydrogens (primary N) is 1. The van der Waals surface area contributed by atoms with Crippen LogP contribution in [0, 0.1) is 11.3 Å². The zero-order valence-electron chi connectivity index (χ0n) is 18.2. The summed E-state index contributed by atoms with van der Waals surface area (Å²) in [6.45, 7) is 0.363. The molecule has 0 amide bonds. The van der Waals surface area contributed by atoms with E-state index in [0.717, 1.165) is 16.7 Å². The Labute approximate surface area is 192 Å². The van der Waals surface area contributed by atoms with Gasteiger partial charge in [0.25, 0.3) is 0 Å². The van der Waals surface area contributed by atoms with Gasteiger partial charge in [-0.1, -0.05) is 54.6 Å². The normalized spacial score (nSPS) is 16.0. The minimum atomic E-state index is -0.900. The van der Waals surface area contributed by atoms with E-state index in [1.54, 1.807) is 24.3 Å². The van der Waals surface area contributed by atoms with Gasteiger partial charge >= 0.3 is 5.97 Å². The average Bonchev–Trinajstić information content (AvgIpc) is 2.82. The van der Waals surface area contributed by atoms with Crippen molar-refractivity contribution in [2.24, 2.45) is 11.7 Å². The number of hydrogen-bond donors (Lipinski definition) is 3. The highest BCUT2D eigenvalue weighted by Gasteiger charge is 2.35. The summed E-state index contributed by atoms with van der Waals surface area (Å²) in [5.74, 6) is -0.903. The number of carbonyl (C=O) groups is 2. The largest absolute Gasteiger partial charge is 0.489 e. The van der Waals surface area contributed by atoms with Crippen molar-refractivity contribution >= 4 is 17.6 Å². The minimum Gasteiger partial charge on any atom is -0.489 e. The summed E-state index contributed by atoms with van der Waals surface area (Å²) in [5, 5.41) is 16.9. The van der Waals surface area contributed by atoms with Gasteiger partial charge < -0.3 is 15.6 Å². The van der Waals surface area contributed by atoms with Crippen molar-refractivity contribution in [3.8, 4) is 5.75 Å². The molecule has 4 N–H and O–H groups in total. The summed E-state index contributed by atoms with van der Waals surface area (Å²) in [6, 6.07) is 22.2. The maximum Gasteiger partial charge on any atom is 0.303 e. The molecule has 2 unspecified atom stereocenters. The first-order valence-electron chi connectivity index (χ1n) is 10.9. The number of ether oxygens (including phenoxy) is 1. The highest BCUT2D eigenvalue weighted by atomic mass is 16.5. The Morgan fingerprint density at radius 2 is 1.82 bits per heavy atom. The van der Waals surface area contributed by atoms with Crippen LogP contribution in [0.4, 0.5) is 0 Å². The molecule has 0 fully saturated rings. The molecule has 3 aromatic carbocycles. The van der Waals surface area contributed by atoms with Crippen molar-refractivity contribution in [2.75, 3.05) is 0 Å². The van der Waals surface area contributed by atoms with Crippen LogP contribution in [-0.4, -0.2) is 22.7 Å². The van der Waals surface area contributed by atoms with Gasteiger partial charge in [0.15, 0.2) is 5.78 Å². The quantitative estimate of drug-likeness (QED) is 0.350. The van der Waals surface area contributed by atoms with E-state index >= 15 is 0 Å². The molecule has 6 heteroatoms. The van der Waals surface area contributed by atoms with Gasteiger partial charge in [-0.15, -0.1) is 0 Å². The lowest BCUT2D eigenvalue weighted by Gasteiger charge is -2.30. The van der Waals surface area contributed by atoms with Crippen molar-refractivity contribution in [2.45, 2.75) is 31.8 Å². The van der Waals surface area contributed by atoms with Crippen LogP contribution in [0.2, 0.25) is 0 Å². The molecular formula is C27H26N2O4. The SMILES string of the molecule is N=C(N)c1ccc(COc2ccc3c(c2)CCC(C(CC(=O)O)c2ccccc2)C3=O)cc1. The topological polar surface area (TPSA) is 113 Å². The zero-order chi connectivity index (χ0) is 23.4. The number of hydrogen-bond acceptors (Lipinski definition) is 4. The molecule has 0 spiro atoms. The van der Waals surface area contributed by atoms with Crippen LogP contribution >= 0.6 is 0 Å². The first kappa shape index (κ1) is 22.3. The highest BCUT2D eigenvalue weighted by molar-refractivity contribution is 6.01. The van der Waals surface area contributed by atoms with Gasteiger partial charge in [0.05, 0.1) is 6.42 Å². The second-order valence-electron chi connectivity index (χ2n) is 8.34. The lowest BCUT2D eigenvalue weighted by atomic mass is 9.72. The molecule has 0 aliphatic heterocycles. The second-order valence-corrected chi connectivity index (χ2v) is 8.34. The van der Waals surface area contributed by atoms with Crippen LogP contribution in [0.5, 0.6) is 5.75 Å². The third-order valence-corrected chi connectivity index (χ3v) is 6.18. The lowest BCUT2D eigenvalue weighted by molar-refractivity contribution is -0.137. The molecule has 33 heavy (non-hydrogen) atoms. The van der Waals surface area contributed by atoms with Gasteiger partial charge in [-0.3, -0.25) is 15.0 Å². The van der Waals surface area contributed by atoms with E-state index in [1.807, 2.05) is 48.5 Å². The summed E-state index contributed by atoms with van der Waals surface area (Å²) in [4.78, 5) is 24.8. The number of nitrogen functional groups attached to an aromatic ring is 1. The Morgan fingerprint density at radius 1 is 1.09 bits per heavy atom. The van der Waals surface area contributed by atoms with Crippen molar-refractivity contribution in [1.29, 1.82) is 5.41 Å². The number of aryl methyl sites for hydroxylation is 1. The fourth-order valence-corrected chi connectivity index (χ4v) is 4.46. The fourth-order valence-electron chi connectivity index (χ4n) is 4.46. The number of rotatable bonds is 8. The van der Waals surface area contributed by atoms with E-state index in [2.05, 4.69) is 0 Å². The number of aliphatic carboxylic acids is 1. The van der Waals surface area contributed by atoms with E-state index in [4.69, 9.17) is 15.9 Å². The molecule has 0 aromatic heterocycles. The molecule has 168 valence electrons. The highest BCUT2D eigenvalue weighted by Crippen LogP contribution is 2.38. The van der Waals surface area contributed by atoms with Crippen LogP contribution in [0.25, 0.3) is 0 Å². The van der Waals surface area contributed by atoms with Crippen LogP contribution < -0.4 is 10.5 Å². The van der Waals surface area contributed by atoms with E-state index < -0.39 is 5.97 Å². The number of ketones is 1. The molecule has 6 nitrogen and oxygen atoms in total. The number of benzene rings is 3. The first-order valence-corrected chi connectivity index (χ1v) is 10.9. The average molecular weight is 443 g/mol. The smallest absolute Gasteiger partial charge is 0.303 e. The van der Waals surface area contributed by atoms with Gasteiger partial charge in [-0.05, 0) is 47.7 Å². The molecule has 3 aromatic rings. The van der Waals surface area contributed by atoms with Crippen molar-refractivity contribution in [1.82, 2.24) is 0 Å². The van der Waals surface area contributed by atoms with E-state index in [1.165, 1.54) is 0 Å². The summed E-state index contributed by atoms with van der Waals surface area (Å²) in [7, 11) is 0. The van der Waals surface area contributed by atoms with Gasteiger partial charge in [0, 0.05) is 23.0 Å². The number of amidine groups is 1. The van der Waals surface area contributed by atoms with Crippen molar-refractivity contribution in [3.63, 3.8) is 0 Å². The Morgan fingerprint density at radius 3 is 2.48 bits per heavy atom. The summed E-state index contributed by atoms with van der Waals surface area (Å²) in [6.07, 6.45) is 1.23. The van der Waals surface area contributed by atoms with Crippen LogP contribution in [0.3, 0.4) is 0 Å². The Hall–Kier alpha value is -3.93. The van der Waals surface area contributed by atoms with Crippen LogP contribution in [0.1, 0.15) is 51.4 Å². The molecule has 0 radical (unpaired) electrons. The number of Topliss-reactive ketones (excluding diaryl/α,β-unsaturated/α-hetero) is 1. The summed E-state index contributed by atoms with van der Waals surface area (Å²) in [5.41, 5.74) is 9.57. The molecule has 1 aliphatic carbocycles. The summed E-state index contributed by atoms with van der Waals surface area (Å²) < 4.78 is 5.92. The zero-order valence-corrected chi connectivity index (χ0v) is 18.2. The van der Waals surface area contributed by atoms with E-state index in [-0.39, 0.29) is 29.9 Å². The molecule has 4 rings (SSSR count). The fraction of sp³-hybridized carbons (Fsp3) is 0.222. The van der Waals surface area contributed by atoms with Gasteiger partial charge in [0.1, 0.15) is 18.2 Å². The van der Waals surface area contributed by atoms with Gasteiger partial charge in [-0.2, -0.15) is 0 Å². The summed E-state index contributed by atoms with van der Waals surface area (Å²) >= 11 is 0. The van der Waals surface area contributed by atoms with Gasteiger partial charge in [0.2, 0.25) is 0 Å². The molecule has 1 aliphatic rings. The number of carbonyl (C=O) groups excluding carboxylic acids is 1.